The van der Waals surface area contributed by atoms with Gasteiger partial charge in [-0.05, 0) is 48.8 Å². The average Bonchev–Trinajstić information content (AvgIpc) is 2.26. The summed E-state index contributed by atoms with van der Waals surface area (Å²) in [4.78, 5) is 0. The second-order valence-corrected chi connectivity index (χ2v) is 6.14. The summed E-state index contributed by atoms with van der Waals surface area (Å²) in [5.41, 5.74) is 0.976. The van der Waals surface area contributed by atoms with E-state index in [1.54, 1.807) is 6.07 Å². The van der Waals surface area contributed by atoms with Crippen LogP contribution in [0.25, 0.3) is 0 Å². The Balaban J connectivity index is 1.91. The lowest BCUT2D eigenvalue weighted by Crippen LogP contribution is -2.35. The first kappa shape index (κ1) is 13.8. The van der Waals surface area contributed by atoms with E-state index in [2.05, 4.69) is 19.2 Å². The number of hydrogen-bond donors (Lipinski definition) is 1. The van der Waals surface area contributed by atoms with Gasteiger partial charge < -0.3 is 5.32 Å². The smallest absolute Gasteiger partial charge is 0.124 e. The molecule has 1 aromatic carbocycles. The maximum Gasteiger partial charge on any atom is 0.124 e. The van der Waals surface area contributed by atoms with E-state index in [9.17, 15) is 4.39 Å². The van der Waals surface area contributed by atoms with E-state index in [1.807, 2.05) is 0 Å². The molecule has 1 N–H and O–H groups in total. The first-order chi connectivity index (χ1) is 8.54. The fraction of sp³-hybridized carbons (Fsp3) is 0.600. The minimum Gasteiger partial charge on any atom is -0.310 e. The molecule has 0 spiro atoms. The van der Waals surface area contributed by atoms with Crippen LogP contribution in [-0.2, 0) is 6.54 Å². The summed E-state index contributed by atoms with van der Waals surface area (Å²) in [5.74, 6) is 1.30. The van der Waals surface area contributed by atoms with Crippen molar-refractivity contribution in [2.75, 3.05) is 0 Å². The number of rotatable bonds is 3. The molecule has 1 saturated carbocycles. The summed E-state index contributed by atoms with van der Waals surface area (Å²) in [5, 5.41) is 4.07. The lowest BCUT2D eigenvalue weighted by molar-refractivity contribution is 0.238. The van der Waals surface area contributed by atoms with E-state index in [0.717, 1.165) is 23.9 Å². The molecule has 100 valence electrons. The Morgan fingerprint density at radius 2 is 1.89 bits per heavy atom. The van der Waals surface area contributed by atoms with E-state index >= 15 is 0 Å². The summed E-state index contributed by atoms with van der Waals surface area (Å²) in [6.45, 7) is 5.35. The van der Waals surface area contributed by atoms with Crippen molar-refractivity contribution in [3.8, 4) is 0 Å². The summed E-state index contributed by atoms with van der Waals surface area (Å²) < 4.78 is 12.9. The van der Waals surface area contributed by atoms with E-state index in [1.165, 1.54) is 31.4 Å². The highest BCUT2D eigenvalue weighted by atomic mass is 35.5. The normalized spacial score (nSPS) is 28.3. The quantitative estimate of drug-likeness (QED) is 0.858. The summed E-state index contributed by atoms with van der Waals surface area (Å²) in [6, 6.07) is 5.17. The van der Waals surface area contributed by atoms with Gasteiger partial charge in [0, 0.05) is 17.6 Å². The first-order valence-corrected chi connectivity index (χ1v) is 7.09. The van der Waals surface area contributed by atoms with Crippen LogP contribution in [-0.4, -0.2) is 6.04 Å². The highest BCUT2D eigenvalue weighted by Gasteiger charge is 2.23. The topological polar surface area (TPSA) is 12.0 Å². The van der Waals surface area contributed by atoms with Gasteiger partial charge in [-0.25, -0.2) is 4.39 Å². The third-order valence-electron chi connectivity index (χ3n) is 3.77. The Morgan fingerprint density at radius 1 is 1.22 bits per heavy atom. The Hall–Kier alpha value is -0.600. The van der Waals surface area contributed by atoms with Crippen molar-refractivity contribution in [2.45, 2.75) is 45.7 Å². The SMILES string of the molecule is CC1CC(C)CC(NCc2ccc(F)cc2Cl)C1. The van der Waals surface area contributed by atoms with Crippen LogP contribution < -0.4 is 5.32 Å². The van der Waals surface area contributed by atoms with Gasteiger partial charge in [0.2, 0.25) is 0 Å². The van der Waals surface area contributed by atoms with Crippen molar-refractivity contribution in [2.24, 2.45) is 11.8 Å². The zero-order chi connectivity index (χ0) is 13.1. The number of benzene rings is 1. The Kier molecular flexibility index (Phi) is 4.63. The van der Waals surface area contributed by atoms with Gasteiger partial charge in [-0.1, -0.05) is 31.5 Å². The Labute approximate surface area is 114 Å². The van der Waals surface area contributed by atoms with Gasteiger partial charge in [0.1, 0.15) is 5.82 Å². The maximum atomic E-state index is 12.9. The fourth-order valence-electron chi connectivity index (χ4n) is 3.03. The average molecular weight is 270 g/mol. The van der Waals surface area contributed by atoms with Gasteiger partial charge in [-0.2, -0.15) is 0 Å². The summed E-state index contributed by atoms with van der Waals surface area (Å²) >= 11 is 6.02. The molecule has 1 aliphatic rings. The van der Waals surface area contributed by atoms with Crippen LogP contribution in [0.1, 0.15) is 38.7 Å². The molecule has 1 aromatic rings. The monoisotopic (exact) mass is 269 g/mol. The third-order valence-corrected chi connectivity index (χ3v) is 4.13. The molecule has 1 aliphatic carbocycles. The molecule has 0 amide bonds. The van der Waals surface area contributed by atoms with Crippen molar-refractivity contribution < 1.29 is 4.39 Å². The predicted molar refractivity (Wildman–Crippen MR) is 74.2 cm³/mol. The maximum absolute atomic E-state index is 12.9. The fourth-order valence-corrected chi connectivity index (χ4v) is 3.27. The van der Waals surface area contributed by atoms with Gasteiger partial charge >= 0.3 is 0 Å². The van der Waals surface area contributed by atoms with Crippen LogP contribution in [0.5, 0.6) is 0 Å². The third kappa shape index (κ3) is 3.69. The van der Waals surface area contributed by atoms with Gasteiger partial charge in [-0.3, -0.25) is 0 Å². The van der Waals surface area contributed by atoms with Gasteiger partial charge in [0.25, 0.3) is 0 Å². The molecule has 2 unspecified atom stereocenters. The molecule has 3 heteroatoms. The second kappa shape index (κ2) is 6.03. The molecule has 0 heterocycles. The zero-order valence-electron chi connectivity index (χ0n) is 11.0. The molecule has 2 atom stereocenters. The lowest BCUT2D eigenvalue weighted by atomic mass is 9.80. The molecule has 0 aliphatic heterocycles. The molecule has 2 rings (SSSR count). The van der Waals surface area contributed by atoms with E-state index in [0.29, 0.717) is 11.1 Å². The Bertz CT molecular complexity index is 397. The number of hydrogen-bond acceptors (Lipinski definition) is 1. The molecule has 18 heavy (non-hydrogen) atoms. The molecule has 0 radical (unpaired) electrons. The van der Waals surface area contributed by atoms with E-state index in [-0.39, 0.29) is 5.82 Å². The Morgan fingerprint density at radius 3 is 2.50 bits per heavy atom. The number of halogens is 2. The molecule has 0 bridgehead atoms. The molecule has 1 fully saturated rings. The molecule has 1 nitrogen and oxygen atoms in total. The lowest BCUT2D eigenvalue weighted by Gasteiger charge is -2.32. The van der Waals surface area contributed by atoms with Crippen LogP contribution in [0, 0.1) is 17.7 Å². The zero-order valence-corrected chi connectivity index (χ0v) is 11.8. The minimum atomic E-state index is -0.274. The molecular formula is C15H21ClFN. The standard InChI is InChI=1S/C15H21ClFN/c1-10-5-11(2)7-14(6-10)18-9-12-3-4-13(17)8-15(12)16/h3-4,8,10-11,14,18H,5-7,9H2,1-2H3. The van der Waals surface area contributed by atoms with Crippen LogP contribution in [0.4, 0.5) is 4.39 Å². The van der Waals surface area contributed by atoms with Crippen molar-refractivity contribution in [1.82, 2.24) is 5.32 Å². The highest BCUT2D eigenvalue weighted by Crippen LogP contribution is 2.29. The van der Waals surface area contributed by atoms with Crippen molar-refractivity contribution in [1.29, 1.82) is 0 Å². The molecule has 0 aromatic heterocycles. The second-order valence-electron chi connectivity index (χ2n) is 5.73. The van der Waals surface area contributed by atoms with Crippen molar-refractivity contribution in [3.63, 3.8) is 0 Å². The van der Waals surface area contributed by atoms with Crippen molar-refractivity contribution >= 4 is 11.6 Å². The van der Waals surface area contributed by atoms with Crippen LogP contribution in [0.15, 0.2) is 18.2 Å². The van der Waals surface area contributed by atoms with E-state index in [4.69, 9.17) is 11.6 Å². The summed E-state index contributed by atoms with van der Waals surface area (Å²) in [6.07, 6.45) is 3.78. The van der Waals surface area contributed by atoms with Gasteiger partial charge in [0.15, 0.2) is 0 Å². The van der Waals surface area contributed by atoms with Gasteiger partial charge in [0.05, 0.1) is 0 Å². The summed E-state index contributed by atoms with van der Waals surface area (Å²) in [7, 11) is 0. The van der Waals surface area contributed by atoms with Crippen LogP contribution in [0.2, 0.25) is 5.02 Å². The first-order valence-electron chi connectivity index (χ1n) is 6.72. The highest BCUT2D eigenvalue weighted by molar-refractivity contribution is 6.31. The van der Waals surface area contributed by atoms with Crippen LogP contribution in [0.3, 0.4) is 0 Å². The molecule has 0 saturated heterocycles. The van der Waals surface area contributed by atoms with Crippen molar-refractivity contribution in [3.05, 3.63) is 34.6 Å². The predicted octanol–water partition coefficient (Wildman–Crippen LogP) is 4.39. The largest absolute Gasteiger partial charge is 0.310 e. The molecular weight excluding hydrogens is 249 g/mol. The van der Waals surface area contributed by atoms with Gasteiger partial charge in [-0.15, -0.1) is 0 Å². The number of nitrogens with one attached hydrogen (secondary N) is 1. The van der Waals surface area contributed by atoms with E-state index < -0.39 is 0 Å². The van der Waals surface area contributed by atoms with Crippen LogP contribution >= 0.6 is 11.6 Å². The minimum absolute atomic E-state index is 0.274.